The molecule has 0 atom stereocenters. The number of alkyl halides is 3. The number of ether oxygens (including phenoxy) is 1. The van der Waals surface area contributed by atoms with E-state index in [1.165, 1.54) is 5.56 Å². The minimum Gasteiger partial charge on any atom is -0.494 e. The number of hydrogen-bond donors (Lipinski definition) is 1. The zero-order valence-corrected chi connectivity index (χ0v) is 14.2. The highest BCUT2D eigenvalue weighted by molar-refractivity contribution is 5.33. The number of halogens is 3. The van der Waals surface area contributed by atoms with E-state index in [-0.39, 0.29) is 6.54 Å². The van der Waals surface area contributed by atoms with Gasteiger partial charge in [0.1, 0.15) is 5.75 Å². The van der Waals surface area contributed by atoms with E-state index < -0.39 is 12.6 Å². The molecule has 1 aliphatic heterocycles. The van der Waals surface area contributed by atoms with Crippen molar-refractivity contribution in [2.75, 3.05) is 32.8 Å². The summed E-state index contributed by atoms with van der Waals surface area (Å²) in [6.45, 7) is 5.09. The van der Waals surface area contributed by atoms with E-state index in [0.29, 0.717) is 12.6 Å². The fourth-order valence-electron chi connectivity index (χ4n) is 3.06. The van der Waals surface area contributed by atoms with Gasteiger partial charge in [-0.2, -0.15) is 13.2 Å². The smallest absolute Gasteiger partial charge is 0.390 e. The van der Waals surface area contributed by atoms with Gasteiger partial charge in [0.2, 0.25) is 0 Å². The first kappa shape index (κ1) is 19.1. The summed E-state index contributed by atoms with van der Waals surface area (Å²) in [6.07, 6.45) is -2.05. The minimum atomic E-state index is -4.05. The maximum atomic E-state index is 12.3. The molecule has 0 aromatic heterocycles. The van der Waals surface area contributed by atoms with Gasteiger partial charge in [-0.1, -0.05) is 18.2 Å². The molecule has 1 aromatic carbocycles. The molecule has 1 fully saturated rings. The average Bonchev–Trinajstić information content (AvgIpc) is 2.55. The second-order valence-corrected chi connectivity index (χ2v) is 6.23. The number of piperidine rings is 1. The van der Waals surface area contributed by atoms with Gasteiger partial charge in [-0.3, -0.25) is 0 Å². The SMILES string of the molecule is CCOc1ccccc1CCNC1CCN(CCC(F)(F)F)CC1. The molecule has 0 aliphatic carbocycles. The van der Waals surface area contributed by atoms with Crippen LogP contribution in [0.5, 0.6) is 5.75 Å². The molecule has 0 radical (unpaired) electrons. The summed E-state index contributed by atoms with van der Waals surface area (Å²) in [5.41, 5.74) is 1.19. The van der Waals surface area contributed by atoms with Gasteiger partial charge in [0.05, 0.1) is 13.0 Å². The van der Waals surface area contributed by atoms with Crippen LogP contribution in [0.15, 0.2) is 24.3 Å². The highest BCUT2D eigenvalue weighted by atomic mass is 19.4. The van der Waals surface area contributed by atoms with Crippen LogP contribution in [0.25, 0.3) is 0 Å². The number of nitrogens with one attached hydrogen (secondary N) is 1. The van der Waals surface area contributed by atoms with Crippen LogP contribution in [0.4, 0.5) is 13.2 Å². The molecule has 1 aliphatic rings. The molecule has 24 heavy (non-hydrogen) atoms. The second kappa shape index (κ2) is 9.28. The van der Waals surface area contributed by atoms with Crippen molar-refractivity contribution in [3.05, 3.63) is 29.8 Å². The molecule has 0 amide bonds. The Bertz CT molecular complexity index is 485. The molecule has 0 spiro atoms. The summed E-state index contributed by atoms with van der Waals surface area (Å²) in [5.74, 6) is 0.934. The Morgan fingerprint density at radius 1 is 1.21 bits per heavy atom. The van der Waals surface area contributed by atoms with Gasteiger partial charge in [-0.25, -0.2) is 0 Å². The Labute approximate surface area is 142 Å². The number of benzene rings is 1. The third kappa shape index (κ3) is 6.69. The number of likely N-dealkylation sites (tertiary alicyclic amines) is 1. The highest BCUT2D eigenvalue weighted by Crippen LogP contribution is 2.21. The average molecular weight is 344 g/mol. The van der Waals surface area contributed by atoms with Crippen LogP contribution in [0.2, 0.25) is 0 Å². The fraction of sp³-hybridized carbons (Fsp3) is 0.667. The maximum Gasteiger partial charge on any atom is 0.390 e. The zero-order valence-electron chi connectivity index (χ0n) is 14.2. The van der Waals surface area contributed by atoms with Crippen molar-refractivity contribution < 1.29 is 17.9 Å². The van der Waals surface area contributed by atoms with E-state index in [2.05, 4.69) is 11.4 Å². The molecule has 0 unspecified atom stereocenters. The van der Waals surface area contributed by atoms with Crippen LogP contribution in [-0.2, 0) is 6.42 Å². The summed E-state index contributed by atoms with van der Waals surface area (Å²) >= 11 is 0. The summed E-state index contributed by atoms with van der Waals surface area (Å²) in [6, 6.07) is 8.44. The summed E-state index contributed by atoms with van der Waals surface area (Å²) in [4.78, 5) is 1.91. The third-order valence-corrected chi connectivity index (χ3v) is 4.40. The van der Waals surface area contributed by atoms with Crippen molar-refractivity contribution in [1.82, 2.24) is 10.2 Å². The van der Waals surface area contributed by atoms with Crippen molar-refractivity contribution in [2.45, 2.75) is 44.8 Å². The molecule has 3 nitrogen and oxygen atoms in total. The number of hydrogen-bond acceptors (Lipinski definition) is 3. The number of nitrogens with zero attached hydrogens (tertiary/aromatic N) is 1. The van der Waals surface area contributed by atoms with Crippen LogP contribution in [-0.4, -0.2) is 49.9 Å². The maximum absolute atomic E-state index is 12.3. The Morgan fingerprint density at radius 2 is 1.92 bits per heavy atom. The van der Waals surface area contributed by atoms with E-state index >= 15 is 0 Å². The highest BCUT2D eigenvalue weighted by Gasteiger charge is 2.28. The lowest BCUT2D eigenvalue weighted by molar-refractivity contribution is -0.138. The first-order valence-corrected chi connectivity index (χ1v) is 8.71. The van der Waals surface area contributed by atoms with Gasteiger partial charge in [0.15, 0.2) is 0 Å². The molecule has 1 N–H and O–H groups in total. The van der Waals surface area contributed by atoms with E-state index in [1.807, 2.05) is 30.0 Å². The number of rotatable bonds is 8. The van der Waals surface area contributed by atoms with E-state index in [4.69, 9.17) is 4.74 Å². The van der Waals surface area contributed by atoms with Crippen molar-refractivity contribution in [3.8, 4) is 5.75 Å². The molecule has 1 aromatic rings. The Balaban J connectivity index is 1.66. The predicted molar refractivity (Wildman–Crippen MR) is 89.5 cm³/mol. The van der Waals surface area contributed by atoms with Gasteiger partial charge in [0, 0.05) is 12.6 Å². The molecule has 2 rings (SSSR count). The quantitative estimate of drug-likeness (QED) is 0.779. The van der Waals surface area contributed by atoms with Gasteiger partial charge in [-0.05, 0) is 57.5 Å². The summed E-state index contributed by atoms with van der Waals surface area (Å²) in [7, 11) is 0. The van der Waals surface area contributed by atoms with E-state index in [0.717, 1.165) is 44.6 Å². The van der Waals surface area contributed by atoms with E-state index in [1.54, 1.807) is 0 Å². The largest absolute Gasteiger partial charge is 0.494 e. The van der Waals surface area contributed by atoms with E-state index in [9.17, 15) is 13.2 Å². The Kier molecular flexibility index (Phi) is 7.37. The Hall–Kier alpha value is -1.27. The molecule has 0 saturated carbocycles. The molecule has 6 heteroatoms. The van der Waals surface area contributed by atoms with Crippen LogP contribution in [0, 0.1) is 0 Å². The molecular weight excluding hydrogens is 317 g/mol. The van der Waals surface area contributed by atoms with Crippen LogP contribution < -0.4 is 10.1 Å². The fourth-order valence-corrected chi connectivity index (χ4v) is 3.06. The zero-order chi connectivity index (χ0) is 17.4. The lowest BCUT2D eigenvalue weighted by Gasteiger charge is -2.32. The molecule has 0 bridgehead atoms. The topological polar surface area (TPSA) is 24.5 Å². The van der Waals surface area contributed by atoms with Crippen molar-refractivity contribution in [1.29, 1.82) is 0 Å². The molecule has 1 saturated heterocycles. The van der Waals surface area contributed by atoms with Crippen LogP contribution in [0.3, 0.4) is 0 Å². The van der Waals surface area contributed by atoms with Crippen LogP contribution >= 0.6 is 0 Å². The summed E-state index contributed by atoms with van der Waals surface area (Å²) < 4.78 is 42.4. The first-order chi connectivity index (χ1) is 11.5. The van der Waals surface area contributed by atoms with Gasteiger partial charge in [0.25, 0.3) is 0 Å². The molecule has 136 valence electrons. The van der Waals surface area contributed by atoms with Gasteiger partial charge in [-0.15, -0.1) is 0 Å². The monoisotopic (exact) mass is 344 g/mol. The molecular formula is C18H27F3N2O. The lowest BCUT2D eigenvalue weighted by atomic mass is 10.0. The van der Waals surface area contributed by atoms with Crippen molar-refractivity contribution in [3.63, 3.8) is 0 Å². The van der Waals surface area contributed by atoms with Crippen molar-refractivity contribution in [2.24, 2.45) is 0 Å². The van der Waals surface area contributed by atoms with Crippen molar-refractivity contribution >= 4 is 0 Å². The Morgan fingerprint density at radius 3 is 2.58 bits per heavy atom. The normalized spacial score (nSPS) is 17.2. The predicted octanol–water partition coefficient (Wildman–Crippen LogP) is 3.63. The van der Waals surface area contributed by atoms with Gasteiger partial charge < -0.3 is 15.0 Å². The number of para-hydroxylation sites is 1. The standard InChI is InChI=1S/C18H27F3N2O/c1-2-24-17-6-4-3-5-15(17)7-11-22-16-8-12-23(13-9-16)14-10-18(19,20)21/h3-6,16,22H,2,7-14H2,1H3. The summed E-state index contributed by atoms with van der Waals surface area (Å²) in [5, 5.41) is 3.53. The third-order valence-electron chi connectivity index (χ3n) is 4.40. The first-order valence-electron chi connectivity index (χ1n) is 8.71. The van der Waals surface area contributed by atoms with Gasteiger partial charge >= 0.3 is 6.18 Å². The molecule has 1 heterocycles. The van der Waals surface area contributed by atoms with Crippen LogP contribution in [0.1, 0.15) is 31.7 Å². The lowest BCUT2D eigenvalue weighted by Crippen LogP contribution is -2.43. The minimum absolute atomic E-state index is 0.123. The second-order valence-electron chi connectivity index (χ2n) is 6.23.